The van der Waals surface area contributed by atoms with Crippen LogP contribution in [0.25, 0.3) is 12.2 Å². The van der Waals surface area contributed by atoms with Gasteiger partial charge in [0.1, 0.15) is 11.9 Å². The molecule has 2 atom stereocenters. The van der Waals surface area contributed by atoms with E-state index in [0.717, 1.165) is 11.3 Å². The fourth-order valence-electron chi connectivity index (χ4n) is 3.00. The summed E-state index contributed by atoms with van der Waals surface area (Å²) in [4.78, 5) is 0. The molecule has 2 N–H and O–H groups in total. The lowest BCUT2D eigenvalue weighted by molar-refractivity contribution is 0.288. The SMILES string of the molecule is OB(O)c1ccc2c(c1)C1C=c3ccccc3=CC1O2. The lowest BCUT2D eigenvalue weighted by Crippen LogP contribution is -2.34. The highest BCUT2D eigenvalue weighted by molar-refractivity contribution is 6.58. The van der Waals surface area contributed by atoms with Crippen LogP contribution in [0.15, 0.2) is 42.5 Å². The van der Waals surface area contributed by atoms with E-state index in [9.17, 15) is 10.0 Å². The fraction of sp³-hybridized carbons (Fsp3) is 0.125. The van der Waals surface area contributed by atoms with E-state index < -0.39 is 7.12 Å². The predicted molar refractivity (Wildman–Crippen MR) is 78.0 cm³/mol. The Morgan fingerprint density at radius 1 is 0.950 bits per heavy atom. The molecular formula is C16H13BO3. The summed E-state index contributed by atoms with van der Waals surface area (Å²) in [6, 6.07) is 13.5. The van der Waals surface area contributed by atoms with Crippen LogP contribution in [0.4, 0.5) is 0 Å². The molecule has 0 amide bonds. The second-order valence-electron chi connectivity index (χ2n) is 5.24. The van der Waals surface area contributed by atoms with Crippen LogP contribution in [-0.2, 0) is 0 Å². The average Bonchev–Trinajstić information content (AvgIpc) is 2.81. The van der Waals surface area contributed by atoms with Crippen molar-refractivity contribution in [2.45, 2.75) is 12.0 Å². The van der Waals surface area contributed by atoms with Crippen LogP contribution < -0.4 is 20.6 Å². The van der Waals surface area contributed by atoms with Crippen LogP contribution in [0.5, 0.6) is 5.75 Å². The number of hydrogen-bond donors (Lipinski definition) is 2. The van der Waals surface area contributed by atoms with Gasteiger partial charge in [0.05, 0.1) is 0 Å². The van der Waals surface area contributed by atoms with Crippen molar-refractivity contribution in [1.29, 1.82) is 0 Å². The smallest absolute Gasteiger partial charge is 0.485 e. The molecule has 4 rings (SSSR count). The molecule has 0 saturated carbocycles. The molecule has 20 heavy (non-hydrogen) atoms. The molecule has 2 unspecified atom stereocenters. The topological polar surface area (TPSA) is 49.7 Å². The summed E-state index contributed by atoms with van der Waals surface area (Å²) in [5.41, 5.74) is 1.52. The third kappa shape index (κ3) is 1.69. The van der Waals surface area contributed by atoms with Crippen LogP contribution in [0.3, 0.4) is 0 Å². The summed E-state index contributed by atoms with van der Waals surface area (Å²) in [6.45, 7) is 0. The number of hydrogen-bond acceptors (Lipinski definition) is 3. The summed E-state index contributed by atoms with van der Waals surface area (Å²) in [5, 5.41) is 21.0. The van der Waals surface area contributed by atoms with Gasteiger partial charge in [0.25, 0.3) is 0 Å². The highest BCUT2D eigenvalue weighted by Gasteiger charge is 2.33. The van der Waals surface area contributed by atoms with Crippen LogP contribution in [0, 0.1) is 0 Å². The Hall–Kier alpha value is -2.04. The fourth-order valence-corrected chi connectivity index (χ4v) is 3.00. The van der Waals surface area contributed by atoms with E-state index in [-0.39, 0.29) is 12.0 Å². The van der Waals surface area contributed by atoms with Gasteiger partial charge in [0.2, 0.25) is 0 Å². The van der Waals surface area contributed by atoms with E-state index in [4.69, 9.17) is 4.74 Å². The lowest BCUT2D eigenvalue weighted by atomic mass is 9.78. The molecular weight excluding hydrogens is 251 g/mol. The van der Waals surface area contributed by atoms with E-state index in [1.165, 1.54) is 10.4 Å². The van der Waals surface area contributed by atoms with Gasteiger partial charge < -0.3 is 14.8 Å². The minimum Gasteiger partial charge on any atom is -0.485 e. The van der Waals surface area contributed by atoms with Gasteiger partial charge in [0, 0.05) is 11.5 Å². The molecule has 3 nitrogen and oxygen atoms in total. The van der Waals surface area contributed by atoms with Crippen molar-refractivity contribution in [2.24, 2.45) is 0 Å². The molecule has 0 aromatic heterocycles. The van der Waals surface area contributed by atoms with Gasteiger partial charge in [-0.3, -0.25) is 0 Å². The Bertz CT molecular complexity index is 798. The van der Waals surface area contributed by atoms with Crippen molar-refractivity contribution in [2.75, 3.05) is 0 Å². The average molecular weight is 264 g/mol. The minimum absolute atomic E-state index is 0.00835. The molecule has 2 aliphatic rings. The van der Waals surface area contributed by atoms with Crippen molar-refractivity contribution >= 4 is 24.7 Å². The first-order valence-electron chi connectivity index (χ1n) is 6.68. The molecule has 4 heteroatoms. The van der Waals surface area contributed by atoms with E-state index in [1.54, 1.807) is 6.07 Å². The third-order valence-electron chi connectivity index (χ3n) is 4.01. The van der Waals surface area contributed by atoms with Gasteiger partial charge in [-0.05, 0) is 28.0 Å². The molecule has 1 aliphatic heterocycles. The zero-order valence-corrected chi connectivity index (χ0v) is 10.7. The van der Waals surface area contributed by atoms with E-state index in [2.05, 4.69) is 24.3 Å². The van der Waals surface area contributed by atoms with Crippen LogP contribution >= 0.6 is 0 Å². The van der Waals surface area contributed by atoms with Gasteiger partial charge in [-0.25, -0.2) is 0 Å². The first-order chi connectivity index (χ1) is 9.72. The van der Waals surface area contributed by atoms with Crippen LogP contribution in [0.1, 0.15) is 11.5 Å². The van der Waals surface area contributed by atoms with Gasteiger partial charge in [-0.15, -0.1) is 0 Å². The second kappa shape index (κ2) is 4.23. The summed E-state index contributed by atoms with van der Waals surface area (Å²) in [6.07, 6.45) is 4.32. The quantitative estimate of drug-likeness (QED) is 0.682. The largest absolute Gasteiger partial charge is 0.488 e. The molecule has 0 radical (unpaired) electrons. The Morgan fingerprint density at radius 3 is 2.45 bits per heavy atom. The highest BCUT2D eigenvalue weighted by atomic mass is 16.5. The second-order valence-corrected chi connectivity index (χ2v) is 5.24. The van der Waals surface area contributed by atoms with Gasteiger partial charge in [0.15, 0.2) is 0 Å². The Balaban J connectivity index is 1.87. The minimum atomic E-state index is -1.45. The normalized spacial score (nSPS) is 21.7. The van der Waals surface area contributed by atoms with Gasteiger partial charge >= 0.3 is 7.12 Å². The van der Waals surface area contributed by atoms with E-state index in [1.807, 2.05) is 24.3 Å². The molecule has 0 spiro atoms. The van der Waals surface area contributed by atoms with Crippen LogP contribution in [-0.4, -0.2) is 23.3 Å². The highest BCUT2D eigenvalue weighted by Crippen LogP contribution is 2.39. The maximum absolute atomic E-state index is 9.31. The first kappa shape index (κ1) is 11.8. The molecule has 0 saturated heterocycles. The number of benzene rings is 2. The molecule has 98 valence electrons. The van der Waals surface area contributed by atoms with E-state index in [0.29, 0.717) is 5.46 Å². The van der Waals surface area contributed by atoms with Crippen molar-refractivity contribution in [3.8, 4) is 5.75 Å². The monoisotopic (exact) mass is 264 g/mol. The molecule has 2 aromatic rings. The summed E-state index contributed by atoms with van der Waals surface area (Å²) < 4.78 is 5.95. The number of ether oxygens (including phenoxy) is 1. The van der Waals surface area contributed by atoms with Crippen molar-refractivity contribution in [1.82, 2.24) is 0 Å². The van der Waals surface area contributed by atoms with Crippen molar-refractivity contribution in [3.05, 3.63) is 58.5 Å². The Morgan fingerprint density at radius 2 is 1.70 bits per heavy atom. The molecule has 1 heterocycles. The Kier molecular flexibility index (Phi) is 2.49. The Labute approximate surface area is 116 Å². The first-order valence-corrected chi connectivity index (χ1v) is 6.68. The maximum Gasteiger partial charge on any atom is 0.488 e. The third-order valence-corrected chi connectivity index (χ3v) is 4.01. The van der Waals surface area contributed by atoms with Crippen molar-refractivity contribution < 1.29 is 14.8 Å². The summed E-state index contributed by atoms with van der Waals surface area (Å²) in [7, 11) is -1.45. The zero-order valence-electron chi connectivity index (χ0n) is 10.7. The van der Waals surface area contributed by atoms with Crippen LogP contribution in [0.2, 0.25) is 0 Å². The molecule has 0 fully saturated rings. The zero-order chi connectivity index (χ0) is 13.7. The summed E-state index contributed by atoms with van der Waals surface area (Å²) >= 11 is 0. The molecule has 0 bridgehead atoms. The van der Waals surface area contributed by atoms with E-state index >= 15 is 0 Å². The number of fused-ring (bicyclic) bond motifs is 4. The lowest BCUT2D eigenvalue weighted by Gasteiger charge is -2.15. The predicted octanol–water partition coefficient (Wildman–Crippen LogP) is -0.514. The molecule has 1 aliphatic carbocycles. The molecule has 2 aromatic carbocycles. The van der Waals surface area contributed by atoms with Gasteiger partial charge in [-0.2, -0.15) is 0 Å². The number of rotatable bonds is 1. The maximum atomic E-state index is 9.31. The summed E-state index contributed by atoms with van der Waals surface area (Å²) in [5.74, 6) is 0.961. The standard InChI is InChI=1S/C16H13BO3/c18-17(19)12-5-6-15-14(9-12)13-7-10-3-1-2-4-11(10)8-16(13)20-15/h1-9,13,16,18-19H. The van der Waals surface area contributed by atoms with Gasteiger partial charge in [-0.1, -0.05) is 42.5 Å². The van der Waals surface area contributed by atoms with Crippen molar-refractivity contribution in [3.63, 3.8) is 0 Å².